The maximum atomic E-state index is 12.2. The molecule has 0 bridgehead atoms. The Morgan fingerprint density at radius 3 is 2.58 bits per heavy atom. The van der Waals surface area contributed by atoms with Gasteiger partial charge in [-0.15, -0.1) is 0 Å². The predicted molar refractivity (Wildman–Crippen MR) is 72.6 cm³/mol. The van der Waals surface area contributed by atoms with Gasteiger partial charge in [0.05, 0.1) is 10.5 Å². The third-order valence-electron chi connectivity index (χ3n) is 3.29. The molecule has 0 aromatic heterocycles. The van der Waals surface area contributed by atoms with Crippen molar-refractivity contribution < 1.29 is 13.2 Å². The lowest BCUT2D eigenvalue weighted by molar-refractivity contribution is 0.0930. The Hall–Kier alpha value is -1.40. The molecule has 1 saturated carbocycles. The first kappa shape index (κ1) is 14.0. The Morgan fingerprint density at radius 1 is 1.42 bits per heavy atom. The fraction of sp³-hybridized carbons (Fsp3) is 0.462. The average Bonchev–Trinajstić information content (AvgIpc) is 3.19. The molecule has 0 radical (unpaired) electrons. The molecule has 6 heteroatoms. The normalized spacial score (nSPS) is 16.9. The zero-order valence-electron chi connectivity index (χ0n) is 10.8. The van der Waals surface area contributed by atoms with Gasteiger partial charge >= 0.3 is 0 Å². The molecule has 1 amide bonds. The summed E-state index contributed by atoms with van der Waals surface area (Å²) in [5, 5.41) is 2.83. The van der Waals surface area contributed by atoms with Crippen molar-refractivity contribution in [2.24, 2.45) is 11.7 Å². The highest BCUT2D eigenvalue weighted by Crippen LogP contribution is 2.32. The van der Waals surface area contributed by atoms with Crippen LogP contribution in [0.15, 0.2) is 29.2 Å². The summed E-state index contributed by atoms with van der Waals surface area (Å²) in [5.74, 6) is 0.0581. The smallest absolute Gasteiger partial charge is 0.252 e. The maximum absolute atomic E-state index is 12.2. The first-order valence-electron chi connectivity index (χ1n) is 6.23. The number of nitrogens with two attached hydrogens (primary N) is 1. The fourth-order valence-electron chi connectivity index (χ4n) is 2.09. The van der Waals surface area contributed by atoms with E-state index >= 15 is 0 Å². The summed E-state index contributed by atoms with van der Waals surface area (Å²) in [7, 11) is -3.42. The molecule has 5 nitrogen and oxygen atoms in total. The van der Waals surface area contributed by atoms with E-state index < -0.39 is 9.84 Å². The second-order valence-electron chi connectivity index (χ2n) is 4.92. The van der Waals surface area contributed by atoms with Gasteiger partial charge in [-0.3, -0.25) is 4.79 Å². The number of nitrogens with one attached hydrogen (secondary N) is 1. The number of hydrogen-bond acceptors (Lipinski definition) is 4. The second-order valence-corrected chi connectivity index (χ2v) is 6.91. The van der Waals surface area contributed by atoms with E-state index in [4.69, 9.17) is 5.73 Å². The first-order valence-corrected chi connectivity index (χ1v) is 8.12. The highest BCUT2D eigenvalue weighted by Gasteiger charge is 2.32. The molecule has 0 saturated heterocycles. The molecule has 0 heterocycles. The molecule has 0 aliphatic heterocycles. The van der Waals surface area contributed by atoms with E-state index in [0.29, 0.717) is 12.5 Å². The third-order valence-corrected chi connectivity index (χ3v) is 4.45. The van der Waals surface area contributed by atoms with E-state index in [1.165, 1.54) is 12.1 Å². The highest BCUT2D eigenvalue weighted by molar-refractivity contribution is 7.90. The molecule has 1 aliphatic rings. The molecule has 1 aromatic rings. The molecule has 3 N–H and O–H groups in total. The molecule has 1 aliphatic carbocycles. The number of carbonyl (C=O) groups excluding carboxylic acids is 1. The lowest BCUT2D eigenvalue weighted by Crippen LogP contribution is -2.42. The van der Waals surface area contributed by atoms with E-state index in [0.717, 1.165) is 19.1 Å². The molecule has 1 aromatic carbocycles. The molecular formula is C13H18N2O3S. The average molecular weight is 282 g/mol. The van der Waals surface area contributed by atoms with E-state index in [9.17, 15) is 13.2 Å². The van der Waals surface area contributed by atoms with Crippen LogP contribution in [0.4, 0.5) is 0 Å². The number of rotatable bonds is 5. The van der Waals surface area contributed by atoms with Crippen LogP contribution < -0.4 is 11.1 Å². The van der Waals surface area contributed by atoms with Crippen molar-refractivity contribution in [2.45, 2.75) is 23.8 Å². The van der Waals surface area contributed by atoms with E-state index in [1.54, 1.807) is 12.1 Å². The molecule has 0 spiro atoms. The molecule has 2 rings (SSSR count). The van der Waals surface area contributed by atoms with Crippen molar-refractivity contribution in [1.29, 1.82) is 0 Å². The lowest BCUT2D eigenvalue weighted by Gasteiger charge is -2.17. The van der Waals surface area contributed by atoms with Crippen LogP contribution in [0, 0.1) is 5.92 Å². The van der Waals surface area contributed by atoms with Crippen molar-refractivity contribution >= 4 is 15.7 Å². The predicted octanol–water partition coefficient (Wildman–Crippen LogP) is 0.557. The summed E-state index contributed by atoms with van der Waals surface area (Å²) >= 11 is 0. The van der Waals surface area contributed by atoms with Gasteiger partial charge in [-0.25, -0.2) is 8.42 Å². The Labute approximate surface area is 113 Å². The topological polar surface area (TPSA) is 89.3 Å². The van der Waals surface area contributed by atoms with Gasteiger partial charge in [0.2, 0.25) is 0 Å². The zero-order chi connectivity index (χ0) is 14.0. The van der Waals surface area contributed by atoms with E-state index in [1.807, 2.05) is 0 Å². The van der Waals surface area contributed by atoms with Gasteiger partial charge in [-0.05, 0) is 30.9 Å². The van der Waals surface area contributed by atoms with Crippen LogP contribution in [0.2, 0.25) is 0 Å². The lowest BCUT2D eigenvalue weighted by atomic mass is 10.1. The highest BCUT2D eigenvalue weighted by atomic mass is 32.2. The van der Waals surface area contributed by atoms with Gasteiger partial charge in [0.25, 0.3) is 5.91 Å². The Morgan fingerprint density at radius 2 is 2.05 bits per heavy atom. The molecule has 1 unspecified atom stereocenters. The van der Waals surface area contributed by atoms with Gasteiger partial charge < -0.3 is 11.1 Å². The molecule has 1 fully saturated rings. The van der Waals surface area contributed by atoms with Crippen LogP contribution in [0.1, 0.15) is 23.2 Å². The van der Waals surface area contributed by atoms with Gasteiger partial charge in [-0.1, -0.05) is 12.1 Å². The van der Waals surface area contributed by atoms with Crippen LogP contribution in [-0.4, -0.2) is 33.2 Å². The number of hydrogen-bond donors (Lipinski definition) is 2. The van der Waals surface area contributed by atoms with Crippen LogP contribution in [0.25, 0.3) is 0 Å². The Bertz CT molecular complexity index is 579. The largest absolute Gasteiger partial charge is 0.348 e. The van der Waals surface area contributed by atoms with Gasteiger partial charge in [0, 0.05) is 18.8 Å². The third kappa shape index (κ3) is 3.33. The standard InChI is InChI=1S/C13H18N2O3S/c1-19(17,18)12-5-3-2-4-10(12)13(16)15-11(8-14)9-6-7-9/h2-5,9,11H,6-8,14H2,1H3,(H,15,16). The van der Waals surface area contributed by atoms with Crippen molar-refractivity contribution in [3.63, 3.8) is 0 Å². The van der Waals surface area contributed by atoms with Crippen LogP contribution in [-0.2, 0) is 9.84 Å². The van der Waals surface area contributed by atoms with Crippen molar-refractivity contribution in [1.82, 2.24) is 5.32 Å². The monoisotopic (exact) mass is 282 g/mol. The summed E-state index contributed by atoms with van der Waals surface area (Å²) in [5.41, 5.74) is 5.82. The molecule has 19 heavy (non-hydrogen) atoms. The minimum absolute atomic E-state index is 0.0547. The number of benzene rings is 1. The van der Waals surface area contributed by atoms with Gasteiger partial charge in [0.1, 0.15) is 0 Å². The second kappa shape index (κ2) is 5.30. The summed E-state index contributed by atoms with van der Waals surface area (Å²) in [6, 6.07) is 6.15. The van der Waals surface area contributed by atoms with Crippen molar-refractivity contribution in [2.75, 3.05) is 12.8 Å². The summed E-state index contributed by atoms with van der Waals surface area (Å²) in [6.07, 6.45) is 3.23. The number of amides is 1. The molecular weight excluding hydrogens is 264 g/mol. The van der Waals surface area contributed by atoms with Crippen LogP contribution in [0.5, 0.6) is 0 Å². The first-order chi connectivity index (χ1) is 8.93. The Balaban J connectivity index is 2.24. The molecule has 104 valence electrons. The Kier molecular flexibility index (Phi) is 3.91. The van der Waals surface area contributed by atoms with Crippen LogP contribution in [0.3, 0.4) is 0 Å². The SMILES string of the molecule is CS(=O)(=O)c1ccccc1C(=O)NC(CN)C1CC1. The van der Waals surface area contributed by atoms with E-state index in [2.05, 4.69) is 5.32 Å². The summed E-state index contributed by atoms with van der Waals surface area (Å²) in [6.45, 7) is 0.372. The van der Waals surface area contributed by atoms with Crippen molar-refractivity contribution in [3.8, 4) is 0 Å². The van der Waals surface area contributed by atoms with E-state index in [-0.39, 0.29) is 22.4 Å². The van der Waals surface area contributed by atoms with Gasteiger partial charge in [0.15, 0.2) is 9.84 Å². The minimum atomic E-state index is -3.42. The number of carbonyl (C=O) groups is 1. The minimum Gasteiger partial charge on any atom is -0.348 e. The quantitative estimate of drug-likeness (QED) is 0.825. The fourth-order valence-corrected chi connectivity index (χ4v) is 2.98. The summed E-state index contributed by atoms with van der Waals surface area (Å²) in [4.78, 5) is 12.2. The van der Waals surface area contributed by atoms with Crippen molar-refractivity contribution in [3.05, 3.63) is 29.8 Å². The van der Waals surface area contributed by atoms with Crippen LogP contribution >= 0.6 is 0 Å². The van der Waals surface area contributed by atoms with Gasteiger partial charge in [-0.2, -0.15) is 0 Å². The number of sulfone groups is 1. The maximum Gasteiger partial charge on any atom is 0.252 e. The summed E-state index contributed by atoms with van der Waals surface area (Å²) < 4.78 is 23.3. The molecule has 1 atom stereocenters. The zero-order valence-corrected chi connectivity index (χ0v) is 11.6.